The molecule has 4 nitrogen and oxygen atoms in total. The van der Waals surface area contributed by atoms with Gasteiger partial charge in [-0.15, -0.1) is 0 Å². The van der Waals surface area contributed by atoms with Gasteiger partial charge in [0.1, 0.15) is 6.10 Å². The van der Waals surface area contributed by atoms with E-state index in [-0.39, 0.29) is 12.1 Å². The van der Waals surface area contributed by atoms with Crippen molar-refractivity contribution in [3.8, 4) is 0 Å². The topological polar surface area (TPSA) is 55.7 Å². The SMILES string of the molecule is Cc1ccc([C@H]2OC(C(Cl)Cl)=N[C@@H]2C)cc1.O=S=O. The largest absolute Gasteiger partial charge is 0.469 e. The highest BCUT2D eigenvalue weighted by atomic mass is 35.5. The van der Waals surface area contributed by atoms with E-state index in [0.29, 0.717) is 5.90 Å². The number of hydrogen-bond acceptors (Lipinski definition) is 4. The summed E-state index contributed by atoms with van der Waals surface area (Å²) in [7, 11) is 0. The molecule has 0 fully saturated rings. The first kappa shape index (κ1) is 16.1. The van der Waals surface area contributed by atoms with Gasteiger partial charge in [-0.2, -0.15) is 8.42 Å². The maximum absolute atomic E-state index is 8.29. The number of halogens is 2. The van der Waals surface area contributed by atoms with Gasteiger partial charge in [0, 0.05) is 0 Å². The van der Waals surface area contributed by atoms with Gasteiger partial charge < -0.3 is 4.74 Å². The fourth-order valence-corrected chi connectivity index (χ4v) is 1.95. The molecule has 1 aromatic rings. The van der Waals surface area contributed by atoms with Crippen LogP contribution in [0.15, 0.2) is 29.3 Å². The van der Waals surface area contributed by atoms with Crippen LogP contribution in [-0.2, 0) is 16.3 Å². The van der Waals surface area contributed by atoms with Gasteiger partial charge in [-0.05, 0) is 19.4 Å². The van der Waals surface area contributed by atoms with Gasteiger partial charge in [0.25, 0.3) is 0 Å². The number of rotatable bonds is 2. The lowest BCUT2D eigenvalue weighted by atomic mass is 10.0. The molecule has 0 N–H and O–H groups in total. The average Bonchev–Trinajstić information content (AvgIpc) is 2.74. The summed E-state index contributed by atoms with van der Waals surface area (Å²) in [5, 5.41) is 0. The lowest BCUT2D eigenvalue weighted by molar-refractivity contribution is 0.199. The van der Waals surface area contributed by atoms with Gasteiger partial charge in [-0.1, -0.05) is 53.0 Å². The van der Waals surface area contributed by atoms with E-state index >= 15 is 0 Å². The molecule has 0 bridgehead atoms. The molecule has 19 heavy (non-hydrogen) atoms. The second-order valence-corrected chi connectivity index (χ2v) is 5.26. The summed E-state index contributed by atoms with van der Waals surface area (Å²) >= 11 is 10.7. The third-order valence-electron chi connectivity index (χ3n) is 2.61. The molecule has 2 atom stereocenters. The molecular formula is C12H13Cl2NO3S. The van der Waals surface area contributed by atoms with Crippen molar-refractivity contribution in [3.63, 3.8) is 0 Å². The van der Waals surface area contributed by atoms with Crippen LogP contribution in [0.25, 0.3) is 0 Å². The smallest absolute Gasteiger partial charge is 0.335 e. The van der Waals surface area contributed by atoms with Crippen LogP contribution in [0.3, 0.4) is 0 Å². The maximum atomic E-state index is 8.29. The van der Waals surface area contributed by atoms with Crippen molar-refractivity contribution in [2.75, 3.05) is 0 Å². The van der Waals surface area contributed by atoms with Crippen molar-refractivity contribution in [1.82, 2.24) is 0 Å². The molecule has 7 heteroatoms. The van der Waals surface area contributed by atoms with E-state index in [2.05, 4.69) is 24.0 Å². The second-order valence-electron chi connectivity index (χ2n) is 4.03. The van der Waals surface area contributed by atoms with Crippen LogP contribution in [-0.4, -0.2) is 25.2 Å². The zero-order valence-electron chi connectivity index (χ0n) is 10.4. The van der Waals surface area contributed by atoms with Crippen molar-refractivity contribution in [2.45, 2.75) is 30.8 Å². The molecule has 104 valence electrons. The minimum Gasteiger partial charge on any atom is -0.469 e. The normalized spacial score (nSPS) is 21.2. The van der Waals surface area contributed by atoms with E-state index in [4.69, 9.17) is 36.4 Å². The number of nitrogens with zero attached hydrogens (tertiary/aromatic N) is 1. The molecule has 0 aliphatic carbocycles. The minimum atomic E-state index is -0.750. The van der Waals surface area contributed by atoms with Gasteiger partial charge in [-0.3, -0.25) is 0 Å². The predicted molar refractivity (Wildman–Crippen MR) is 76.3 cm³/mol. The highest BCUT2D eigenvalue weighted by molar-refractivity contribution is 7.51. The van der Waals surface area contributed by atoms with Crippen molar-refractivity contribution in [3.05, 3.63) is 35.4 Å². The summed E-state index contributed by atoms with van der Waals surface area (Å²) in [6.45, 7) is 4.05. The number of aliphatic imine (C=N–C) groups is 1. The van der Waals surface area contributed by atoms with Crippen LogP contribution in [0.2, 0.25) is 0 Å². The van der Waals surface area contributed by atoms with Gasteiger partial charge in [0.15, 0.2) is 4.84 Å². The first-order valence-corrected chi connectivity index (χ1v) is 7.04. The van der Waals surface area contributed by atoms with Gasteiger partial charge >= 0.3 is 11.6 Å². The van der Waals surface area contributed by atoms with E-state index in [1.807, 2.05) is 19.1 Å². The van der Waals surface area contributed by atoms with Crippen molar-refractivity contribution in [1.29, 1.82) is 0 Å². The molecule has 0 saturated heterocycles. The van der Waals surface area contributed by atoms with Crippen LogP contribution in [0, 0.1) is 6.92 Å². The molecule has 0 unspecified atom stereocenters. The van der Waals surface area contributed by atoms with Gasteiger partial charge in [0.05, 0.1) is 6.04 Å². The van der Waals surface area contributed by atoms with E-state index in [1.165, 1.54) is 5.56 Å². The average molecular weight is 322 g/mol. The van der Waals surface area contributed by atoms with Crippen LogP contribution in [0.1, 0.15) is 24.2 Å². The number of ether oxygens (including phenoxy) is 1. The third-order valence-corrected chi connectivity index (χ3v) is 2.98. The highest BCUT2D eigenvalue weighted by Gasteiger charge is 2.31. The molecule has 0 saturated carbocycles. The first-order chi connectivity index (χ1) is 8.99. The Morgan fingerprint density at radius 2 is 1.79 bits per heavy atom. The predicted octanol–water partition coefficient (Wildman–Crippen LogP) is 2.99. The molecule has 2 rings (SSSR count). The summed E-state index contributed by atoms with van der Waals surface area (Å²) in [6, 6.07) is 8.27. The van der Waals surface area contributed by atoms with Crippen molar-refractivity contribution >= 4 is 40.7 Å². The highest BCUT2D eigenvalue weighted by Crippen LogP contribution is 2.31. The Morgan fingerprint density at radius 1 is 1.26 bits per heavy atom. The minimum absolute atomic E-state index is 0.0534. The van der Waals surface area contributed by atoms with E-state index in [1.54, 1.807) is 0 Å². The monoisotopic (exact) mass is 321 g/mol. The fraction of sp³-hybridized carbons (Fsp3) is 0.417. The van der Waals surface area contributed by atoms with Gasteiger partial charge in [0.2, 0.25) is 5.90 Å². The summed E-state index contributed by atoms with van der Waals surface area (Å²) in [4.78, 5) is 3.62. The lowest BCUT2D eigenvalue weighted by Gasteiger charge is -2.15. The maximum Gasteiger partial charge on any atom is 0.335 e. The lowest BCUT2D eigenvalue weighted by Crippen LogP contribution is -2.13. The summed E-state index contributed by atoms with van der Waals surface area (Å²) in [5.41, 5.74) is 2.33. The zero-order valence-corrected chi connectivity index (χ0v) is 12.7. The zero-order chi connectivity index (χ0) is 14.4. The number of hydrogen-bond donors (Lipinski definition) is 0. The molecule has 1 heterocycles. The Balaban J connectivity index is 0.000000550. The van der Waals surface area contributed by atoms with Gasteiger partial charge in [-0.25, -0.2) is 4.99 Å². The van der Waals surface area contributed by atoms with Crippen LogP contribution in [0.4, 0.5) is 0 Å². The molecular weight excluding hydrogens is 309 g/mol. The van der Waals surface area contributed by atoms with Crippen molar-refractivity contribution in [2.24, 2.45) is 4.99 Å². The Labute approximate surface area is 125 Å². The molecule has 0 amide bonds. The Morgan fingerprint density at radius 3 is 2.21 bits per heavy atom. The molecule has 0 spiro atoms. The summed E-state index contributed by atoms with van der Waals surface area (Å²) < 4.78 is 22.2. The van der Waals surface area contributed by atoms with E-state index < -0.39 is 16.4 Å². The van der Waals surface area contributed by atoms with E-state index in [0.717, 1.165) is 5.56 Å². The molecule has 0 aromatic heterocycles. The van der Waals surface area contributed by atoms with E-state index in [9.17, 15) is 0 Å². The Kier molecular flexibility index (Phi) is 6.48. The standard InChI is InChI=1S/C12H13Cl2NO.O2S/c1-7-3-5-9(6-4-7)10-8(2)15-12(16-10)11(13)14;1-3-2/h3-6,8,10-11H,1-2H3;/t8-,10+;/m1./s1. The molecule has 1 aromatic carbocycles. The fourth-order valence-electron chi connectivity index (χ4n) is 1.74. The van der Waals surface area contributed by atoms with Crippen molar-refractivity contribution < 1.29 is 13.2 Å². The Hall–Kier alpha value is -0.910. The quantitative estimate of drug-likeness (QED) is 0.787. The second kappa shape index (κ2) is 7.62. The molecule has 1 aliphatic rings. The van der Waals surface area contributed by atoms with Crippen LogP contribution in [0.5, 0.6) is 0 Å². The number of benzene rings is 1. The first-order valence-electron chi connectivity index (χ1n) is 5.50. The summed E-state index contributed by atoms with van der Waals surface area (Å²) in [5.74, 6) is 0.418. The number of alkyl halides is 2. The number of aryl methyl sites for hydroxylation is 1. The van der Waals surface area contributed by atoms with Crippen LogP contribution >= 0.6 is 23.2 Å². The summed E-state index contributed by atoms with van der Waals surface area (Å²) in [6.07, 6.45) is -0.0735. The Bertz CT molecular complexity index is 484. The molecule has 0 radical (unpaired) electrons. The third kappa shape index (κ3) is 4.60. The molecule has 1 aliphatic heterocycles. The van der Waals surface area contributed by atoms with Crippen LogP contribution < -0.4 is 0 Å².